The van der Waals surface area contributed by atoms with Gasteiger partial charge in [0.05, 0.1) is 17.7 Å². The standard InChI is InChI=1S/C23H18Cl2N2O3/c1-2-30-23(29)14-7-10-16(11-8-14)27-21(17-12-9-15(24)13-19(17)25)26-20-6-4-3-5-18(20)22(27)28/h3-13,21,26H,2H2,1H3. The first-order chi connectivity index (χ1) is 14.5. The van der Waals surface area contributed by atoms with Crippen LogP contribution in [0.5, 0.6) is 0 Å². The molecular formula is C23H18Cl2N2O3. The molecule has 4 rings (SSSR count). The van der Waals surface area contributed by atoms with Crippen LogP contribution in [0.2, 0.25) is 10.0 Å². The van der Waals surface area contributed by atoms with Crippen LogP contribution in [-0.4, -0.2) is 18.5 Å². The molecule has 0 fully saturated rings. The second kappa shape index (κ2) is 8.38. The van der Waals surface area contributed by atoms with Crippen molar-refractivity contribution in [3.63, 3.8) is 0 Å². The molecule has 30 heavy (non-hydrogen) atoms. The number of carbonyl (C=O) groups is 2. The minimum absolute atomic E-state index is 0.177. The zero-order valence-electron chi connectivity index (χ0n) is 16.1. The average molecular weight is 441 g/mol. The first kappa shape index (κ1) is 20.3. The Balaban J connectivity index is 1.79. The van der Waals surface area contributed by atoms with E-state index in [0.29, 0.717) is 39.0 Å². The minimum Gasteiger partial charge on any atom is -0.462 e. The minimum atomic E-state index is -0.550. The maximum Gasteiger partial charge on any atom is 0.338 e. The summed E-state index contributed by atoms with van der Waals surface area (Å²) in [6.07, 6.45) is -0.550. The molecule has 0 saturated heterocycles. The highest BCUT2D eigenvalue weighted by atomic mass is 35.5. The zero-order chi connectivity index (χ0) is 21.3. The van der Waals surface area contributed by atoms with E-state index in [1.54, 1.807) is 60.4 Å². The third-order valence-electron chi connectivity index (χ3n) is 4.84. The second-order valence-electron chi connectivity index (χ2n) is 6.70. The lowest BCUT2D eigenvalue weighted by atomic mass is 10.0. The van der Waals surface area contributed by atoms with E-state index in [4.69, 9.17) is 27.9 Å². The number of hydrogen-bond donors (Lipinski definition) is 1. The SMILES string of the molecule is CCOC(=O)c1ccc(N2C(=O)c3ccccc3NC2c2ccc(Cl)cc2Cl)cc1. The van der Waals surface area contributed by atoms with Crippen LogP contribution in [-0.2, 0) is 4.74 Å². The molecule has 1 aliphatic heterocycles. The summed E-state index contributed by atoms with van der Waals surface area (Å²) < 4.78 is 5.04. The monoisotopic (exact) mass is 440 g/mol. The summed E-state index contributed by atoms with van der Waals surface area (Å²) in [5, 5.41) is 4.35. The molecule has 0 bridgehead atoms. The maximum atomic E-state index is 13.4. The number of para-hydroxylation sites is 1. The highest BCUT2D eigenvalue weighted by molar-refractivity contribution is 6.35. The van der Waals surface area contributed by atoms with Gasteiger partial charge in [-0.05, 0) is 55.5 Å². The molecule has 1 amide bonds. The zero-order valence-corrected chi connectivity index (χ0v) is 17.6. The Labute approximate surface area is 184 Å². The van der Waals surface area contributed by atoms with Crippen LogP contribution < -0.4 is 10.2 Å². The topological polar surface area (TPSA) is 58.6 Å². The summed E-state index contributed by atoms with van der Waals surface area (Å²) in [7, 11) is 0. The number of carbonyl (C=O) groups excluding carboxylic acids is 2. The lowest BCUT2D eigenvalue weighted by molar-refractivity contribution is 0.0526. The lowest BCUT2D eigenvalue weighted by Gasteiger charge is -2.38. The van der Waals surface area contributed by atoms with Crippen molar-refractivity contribution in [2.24, 2.45) is 0 Å². The van der Waals surface area contributed by atoms with Crippen molar-refractivity contribution in [1.82, 2.24) is 0 Å². The van der Waals surface area contributed by atoms with Gasteiger partial charge in [0.25, 0.3) is 5.91 Å². The number of nitrogens with zero attached hydrogens (tertiary/aromatic N) is 1. The van der Waals surface area contributed by atoms with Crippen molar-refractivity contribution < 1.29 is 14.3 Å². The molecule has 0 radical (unpaired) electrons. The van der Waals surface area contributed by atoms with E-state index in [1.165, 1.54) is 0 Å². The van der Waals surface area contributed by atoms with Gasteiger partial charge in [-0.2, -0.15) is 0 Å². The van der Waals surface area contributed by atoms with E-state index in [2.05, 4.69) is 5.32 Å². The first-order valence-corrected chi connectivity index (χ1v) is 10.2. The van der Waals surface area contributed by atoms with E-state index in [-0.39, 0.29) is 5.91 Å². The number of nitrogens with one attached hydrogen (secondary N) is 1. The quantitative estimate of drug-likeness (QED) is 0.509. The van der Waals surface area contributed by atoms with Crippen molar-refractivity contribution >= 4 is 46.5 Å². The van der Waals surface area contributed by atoms with Crippen molar-refractivity contribution in [3.8, 4) is 0 Å². The van der Waals surface area contributed by atoms with Gasteiger partial charge in [-0.15, -0.1) is 0 Å². The molecule has 0 spiro atoms. The van der Waals surface area contributed by atoms with Gasteiger partial charge in [0.1, 0.15) is 6.17 Å². The third-order valence-corrected chi connectivity index (χ3v) is 5.40. The number of ether oxygens (including phenoxy) is 1. The van der Waals surface area contributed by atoms with Crippen molar-refractivity contribution in [1.29, 1.82) is 0 Å². The molecular weight excluding hydrogens is 423 g/mol. The fraction of sp³-hybridized carbons (Fsp3) is 0.130. The van der Waals surface area contributed by atoms with Gasteiger partial charge >= 0.3 is 5.97 Å². The van der Waals surface area contributed by atoms with Crippen molar-refractivity contribution in [3.05, 3.63) is 93.5 Å². The summed E-state index contributed by atoms with van der Waals surface area (Å²) in [6, 6.07) is 19.2. The summed E-state index contributed by atoms with van der Waals surface area (Å²) in [4.78, 5) is 27.0. The largest absolute Gasteiger partial charge is 0.462 e. The predicted octanol–water partition coefficient (Wildman–Crippen LogP) is 5.94. The van der Waals surface area contributed by atoms with Gasteiger partial charge in [0, 0.05) is 27.0 Å². The number of hydrogen-bond acceptors (Lipinski definition) is 4. The van der Waals surface area contributed by atoms with Crippen molar-refractivity contribution in [2.45, 2.75) is 13.1 Å². The summed E-state index contributed by atoms with van der Waals surface area (Å²) in [6.45, 7) is 2.05. The van der Waals surface area contributed by atoms with Gasteiger partial charge in [-0.25, -0.2) is 4.79 Å². The number of benzene rings is 3. The Kier molecular flexibility index (Phi) is 5.66. The van der Waals surface area contributed by atoms with Crippen LogP contribution in [0, 0.1) is 0 Å². The van der Waals surface area contributed by atoms with Gasteiger partial charge in [0.2, 0.25) is 0 Å². The van der Waals surface area contributed by atoms with E-state index in [1.807, 2.05) is 18.2 Å². The molecule has 1 N–H and O–H groups in total. The molecule has 1 heterocycles. The average Bonchev–Trinajstić information content (AvgIpc) is 2.74. The van der Waals surface area contributed by atoms with E-state index < -0.39 is 12.1 Å². The third kappa shape index (κ3) is 3.74. The summed E-state index contributed by atoms with van der Waals surface area (Å²) in [5.41, 5.74) is 3.01. The Bertz CT molecular complexity index is 1120. The molecule has 3 aromatic carbocycles. The summed E-state index contributed by atoms with van der Waals surface area (Å²) >= 11 is 12.5. The number of anilines is 2. The number of halogens is 2. The van der Waals surface area contributed by atoms with Gasteiger partial charge < -0.3 is 10.1 Å². The Morgan fingerprint density at radius 1 is 1.07 bits per heavy atom. The normalized spacial score (nSPS) is 15.4. The van der Waals surface area contributed by atoms with E-state index in [9.17, 15) is 9.59 Å². The van der Waals surface area contributed by atoms with Crippen LogP contribution in [0.1, 0.15) is 39.4 Å². The molecule has 7 heteroatoms. The van der Waals surface area contributed by atoms with Crippen LogP contribution in [0.4, 0.5) is 11.4 Å². The lowest BCUT2D eigenvalue weighted by Crippen LogP contribution is -2.43. The highest BCUT2D eigenvalue weighted by Gasteiger charge is 2.35. The fourth-order valence-corrected chi connectivity index (χ4v) is 3.95. The predicted molar refractivity (Wildman–Crippen MR) is 118 cm³/mol. The van der Waals surface area contributed by atoms with Crippen LogP contribution >= 0.6 is 23.2 Å². The number of fused-ring (bicyclic) bond motifs is 1. The van der Waals surface area contributed by atoms with E-state index in [0.717, 1.165) is 5.69 Å². The van der Waals surface area contributed by atoms with Gasteiger partial charge in [-0.1, -0.05) is 41.4 Å². The smallest absolute Gasteiger partial charge is 0.338 e. The summed E-state index contributed by atoms with van der Waals surface area (Å²) in [5.74, 6) is -0.584. The molecule has 152 valence electrons. The highest BCUT2D eigenvalue weighted by Crippen LogP contribution is 2.39. The van der Waals surface area contributed by atoms with Gasteiger partial charge in [0.15, 0.2) is 0 Å². The molecule has 0 aliphatic carbocycles. The molecule has 1 unspecified atom stereocenters. The van der Waals surface area contributed by atoms with Crippen LogP contribution in [0.3, 0.4) is 0 Å². The van der Waals surface area contributed by atoms with Crippen molar-refractivity contribution in [2.75, 3.05) is 16.8 Å². The number of rotatable bonds is 4. The van der Waals surface area contributed by atoms with E-state index >= 15 is 0 Å². The Hall–Kier alpha value is -3.02. The number of esters is 1. The second-order valence-corrected chi connectivity index (χ2v) is 7.54. The number of amides is 1. The Morgan fingerprint density at radius 2 is 1.80 bits per heavy atom. The molecule has 0 aromatic heterocycles. The van der Waals surface area contributed by atoms with Gasteiger partial charge in [-0.3, -0.25) is 9.69 Å². The van der Waals surface area contributed by atoms with Crippen LogP contribution in [0.25, 0.3) is 0 Å². The maximum absolute atomic E-state index is 13.4. The Morgan fingerprint density at radius 3 is 2.50 bits per heavy atom. The fourth-order valence-electron chi connectivity index (χ4n) is 3.43. The molecule has 0 saturated carbocycles. The molecule has 3 aromatic rings. The molecule has 1 aliphatic rings. The molecule has 5 nitrogen and oxygen atoms in total. The molecule has 1 atom stereocenters. The van der Waals surface area contributed by atoms with Crippen LogP contribution in [0.15, 0.2) is 66.7 Å². The first-order valence-electron chi connectivity index (χ1n) is 9.41.